The van der Waals surface area contributed by atoms with E-state index < -0.39 is 10.0 Å². The molecule has 0 atom stereocenters. The van der Waals surface area contributed by atoms with Gasteiger partial charge in [0.05, 0.1) is 14.2 Å². The lowest BCUT2D eigenvalue weighted by atomic mass is 10.1. The van der Waals surface area contributed by atoms with Gasteiger partial charge in [0.25, 0.3) is 0 Å². The number of anilines is 1. The standard InChI is InChI=1S/C19H25N3O4S/c1-21(14-15-7-6-8-17(25-2)19(15)26-3)18-10-9-16(13-20-18)27(23,24)22-11-4-5-12-22/h6-10,13H,4-5,11-12,14H2,1-3H3. The molecule has 0 N–H and O–H groups in total. The largest absolute Gasteiger partial charge is 0.493 e. The van der Waals surface area contributed by atoms with Crippen molar-refractivity contribution in [1.82, 2.24) is 9.29 Å². The van der Waals surface area contributed by atoms with Gasteiger partial charge < -0.3 is 14.4 Å². The molecule has 1 fully saturated rings. The summed E-state index contributed by atoms with van der Waals surface area (Å²) < 4.78 is 37.5. The van der Waals surface area contributed by atoms with Crippen LogP contribution in [0.2, 0.25) is 0 Å². The topological polar surface area (TPSA) is 72.0 Å². The lowest BCUT2D eigenvalue weighted by molar-refractivity contribution is 0.351. The molecule has 0 amide bonds. The Kier molecular flexibility index (Phi) is 5.86. The zero-order valence-electron chi connectivity index (χ0n) is 15.9. The smallest absolute Gasteiger partial charge is 0.244 e. The molecular formula is C19H25N3O4S. The minimum atomic E-state index is -3.44. The molecule has 2 aromatic rings. The molecule has 1 aliphatic heterocycles. The molecule has 7 nitrogen and oxygen atoms in total. The summed E-state index contributed by atoms with van der Waals surface area (Å²) in [6.07, 6.45) is 3.26. The summed E-state index contributed by atoms with van der Waals surface area (Å²) in [4.78, 5) is 6.53. The van der Waals surface area contributed by atoms with E-state index in [1.54, 1.807) is 26.4 Å². The molecule has 2 heterocycles. The van der Waals surface area contributed by atoms with Crippen molar-refractivity contribution >= 4 is 15.8 Å². The van der Waals surface area contributed by atoms with Crippen LogP contribution < -0.4 is 14.4 Å². The quantitative estimate of drug-likeness (QED) is 0.722. The fourth-order valence-electron chi connectivity index (χ4n) is 3.24. The highest BCUT2D eigenvalue weighted by Crippen LogP contribution is 2.32. The Morgan fingerprint density at radius 1 is 1.11 bits per heavy atom. The SMILES string of the molecule is COc1cccc(CN(C)c2ccc(S(=O)(=O)N3CCCC3)cn2)c1OC. The van der Waals surface area contributed by atoms with E-state index in [1.807, 2.05) is 30.1 Å². The van der Waals surface area contributed by atoms with E-state index in [9.17, 15) is 8.42 Å². The van der Waals surface area contributed by atoms with Gasteiger partial charge in [-0.25, -0.2) is 13.4 Å². The fourth-order valence-corrected chi connectivity index (χ4v) is 4.71. The molecule has 1 aromatic heterocycles. The summed E-state index contributed by atoms with van der Waals surface area (Å²) in [5.41, 5.74) is 0.954. The van der Waals surface area contributed by atoms with Crippen LogP contribution in [-0.2, 0) is 16.6 Å². The number of sulfonamides is 1. The van der Waals surface area contributed by atoms with Crippen molar-refractivity contribution in [2.24, 2.45) is 0 Å². The summed E-state index contributed by atoms with van der Waals surface area (Å²) in [5.74, 6) is 2.03. The van der Waals surface area contributed by atoms with Gasteiger partial charge in [0.1, 0.15) is 10.7 Å². The zero-order chi connectivity index (χ0) is 19.4. The van der Waals surface area contributed by atoms with E-state index >= 15 is 0 Å². The Hall–Kier alpha value is -2.32. The van der Waals surface area contributed by atoms with Gasteiger partial charge in [-0.15, -0.1) is 0 Å². The number of aromatic nitrogens is 1. The number of benzene rings is 1. The van der Waals surface area contributed by atoms with Crippen molar-refractivity contribution in [3.63, 3.8) is 0 Å². The maximum absolute atomic E-state index is 12.6. The predicted octanol–water partition coefficient (Wildman–Crippen LogP) is 2.52. The highest BCUT2D eigenvalue weighted by Gasteiger charge is 2.27. The Labute approximate surface area is 160 Å². The van der Waals surface area contributed by atoms with Crippen LogP contribution in [0.15, 0.2) is 41.4 Å². The van der Waals surface area contributed by atoms with Crippen molar-refractivity contribution < 1.29 is 17.9 Å². The van der Waals surface area contributed by atoms with E-state index in [4.69, 9.17) is 9.47 Å². The third-order valence-electron chi connectivity index (χ3n) is 4.71. The molecule has 146 valence electrons. The third-order valence-corrected chi connectivity index (χ3v) is 6.59. The van der Waals surface area contributed by atoms with Crippen LogP contribution in [-0.4, -0.2) is 52.1 Å². The first kappa shape index (κ1) is 19.4. The van der Waals surface area contributed by atoms with Crippen molar-refractivity contribution in [3.8, 4) is 11.5 Å². The highest BCUT2D eigenvalue weighted by molar-refractivity contribution is 7.89. The van der Waals surface area contributed by atoms with E-state index in [1.165, 1.54) is 10.5 Å². The average molecular weight is 391 g/mol. The third kappa shape index (κ3) is 4.01. The number of hydrogen-bond donors (Lipinski definition) is 0. The summed E-state index contributed by atoms with van der Waals surface area (Å²) in [6, 6.07) is 9.07. The molecule has 0 spiro atoms. The minimum Gasteiger partial charge on any atom is -0.493 e. The highest BCUT2D eigenvalue weighted by atomic mass is 32.2. The average Bonchev–Trinajstić information content (AvgIpc) is 3.23. The van der Waals surface area contributed by atoms with Gasteiger partial charge in [-0.05, 0) is 31.0 Å². The zero-order valence-corrected chi connectivity index (χ0v) is 16.7. The normalized spacial score (nSPS) is 14.9. The van der Waals surface area contributed by atoms with Crippen molar-refractivity contribution in [2.75, 3.05) is 39.3 Å². The van der Waals surface area contributed by atoms with Gasteiger partial charge in [0.15, 0.2) is 11.5 Å². The fraction of sp³-hybridized carbons (Fsp3) is 0.421. The van der Waals surface area contributed by atoms with Gasteiger partial charge in [0, 0.05) is 38.4 Å². The van der Waals surface area contributed by atoms with E-state index in [0.717, 1.165) is 18.4 Å². The first-order chi connectivity index (χ1) is 13.0. The molecule has 0 unspecified atom stereocenters. The summed E-state index contributed by atoms with van der Waals surface area (Å²) in [7, 11) is 1.67. The van der Waals surface area contributed by atoms with Crippen molar-refractivity contribution in [2.45, 2.75) is 24.3 Å². The number of para-hydroxylation sites is 1. The van der Waals surface area contributed by atoms with Crippen LogP contribution in [0.1, 0.15) is 18.4 Å². The molecule has 27 heavy (non-hydrogen) atoms. The molecule has 1 saturated heterocycles. The number of pyridine rings is 1. The number of ether oxygens (including phenoxy) is 2. The Bertz CT molecular complexity index is 878. The van der Waals surface area contributed by atoms with Crippen LogP contribution in [0, 0.1) is 0 Å². The lowest BCUT2D eigenvalue weighted by Gasteiger charge is -2.21. The van der Waals surface area contributed by atoms with E-state index in [2.05, 4.69) is 4.98 Å². The van der Waals surface area contributed by atoms with Gasteiger partial charge in [0.2, 0.25) is 10.0 Å². The van der Waals surface area contributed by atoms with Gasteiger partial charge in [-0.1, -0.05) is 12.1 Å². The van der Waals surface area contributed by atoms with Crippen molar-refractivity contribution in [1.29, 1.82) is 0 Å². The number of nitrogens with zero attached hydrogens (tertiary/aromatic N) is 3. The van der Waals surface area contributed by atoms with Crippen molar-refractivity contribution in [3.05, 3.63) is 42.1 Å². The molecule has 1 aliphatic rings. The maximum Gasteiger partial charge on any atom is 0.244 e. The Morgan fingerprint density at radius 2 is 1.85 bits per heavy atom. The van der Waals surface area contributed by atoms with Gasteiger partial charge in [-0.2, -0.15) is 4.31 Å². The second kappa shape index (κ2) is 8.14. The first-order valence-electron chi connectivity index (χ1n) is 8.84. The van der Waals surface area contributed by atoms with Gasteiger partial charge in [-0.3, -0.25) is 0 Å². The first-order valence-corrected chi connectivity index (χ1v) is 10.3. The molecule has 0 bridgehead atoms. The van der Waals surface area contributed by atoms with Crippen LogP contribution in [0.5, 0.6) is 11.5 Å². The second-order valence-corrected chi connectivity index (χ2v) is 8.41. The Balaban J connectivity index is 1.78. The van der Waals surface area contributed by atoms with E-state index in [-0.39, 0.29) is 4.90 Å². The molecule has 8 heteroatoms. The van der Waals surface area contributed by atoms with Crippen LogP contribution in [0.3, 0.4) is 0 Å². The molecule has 0 saturated carbocycles. The number of rotatable bonds is 7. The van der Waals surface area contributed by atoms with E-state index in [0.29, 0.717) is 37.0 Å². The lowest BCUT2D eigenvalue weighted by Crippen LogP contribution is -2.28. The van der Waals surface area contributed by atoms with Crippen LogP contribution in [0.4, 0.5) is 5.82 Å². The molecule has 1 aromatic carbocycles. The summed E-state index contributed by atoms with van der Waals surface area (Å²) >= 11 is 0. The molecule has 0 aliphatic carbocycles. The van der Waals surface area contributed by atoms with Gasteiger partial charge >= 0.3 is 0 Å². The van der Waals surface area contributed by atoms with Crippen LogP contribution in [0.25, 0.3) is 0 Å². The molecular weight excluding hydrogens is 366 g/mol. The number of hydrogen-bond acceptors (Lipinski definition) is 6. The maximum atomic E-state index is 12.6. The number of methoxy groups -OCH3 is 2. The minimum absolute atomic E-state index is 0.237. The Morgan fingerprint density at radius 3 is 2.44 bits per heavy atom. The summed E-state index contributed by atoms with van der Waals surface area (Å²) in [6.45, 7) is 1.71. The molecule has 3 rings (SSSR count). The monoisotopic (exact) mass is 391 g/mol. The predicted molar refractivity (Wildman–Crippen MR) is 104 cm³/mol. The summed E-state index contributed by atoms with van der Waals surface area (Å²) in [5, 5.41) is 0. The molecule has 0 radical (unpaired) electrons. The van der Waals surface area contributed by atoms with Crippen LogP contribution >= 0.6 is 0 Å². The second-order valence-electron chi connectivity index (χ2n) is 6.47.